The van der Waals surface area contributed by atoms with Crippen LogP contribution in [0.15, 0.2) is 47.4 Å². The molecule has 25 heavy (non-hydrogen) atoms. The molecular weight excluding hydrogens is 370 g/mol. The first-order valence-electron chi connectivity index (χ1n) is 6.90. The molecule has 0 aliphatic rings. The highest BCUT2D eigenvalue weighted by Gasteiger charge is 2.21. The van der Waals surface area contributed by atoms with E-state index in [-0.39, 0.29) is 26.9 Å². The van der Waals surface area contributed by atoms with Crippen molar-refractivity contribution in [2.24, 2.45) is 0 Å². The number of non-ortho nitro benzene ring substituents is 1. The molecular formula is C15H14ClN3O5S. The standard InChI is InChI=1S/C15H14ClN3O5S/c1-18(2)15(20)13-8-3-10(16)9-14(13)17-25(23,24)12-6-4-11(5-7-12)19(21)22/h3-9,17H,1-2H3. The van der Waals surface area contributed by atoms with Gasteiger partial charge in [-0.05, 0) is 30.3 Å². The lowest BCUT2D eigenvalue weighted by molar-refractivity contribution is -0.384. The van der Waals surface area contributed by atoms with Crippen LogP contribution in [0.2, 0.25) is 5.02 Å². The van der Waals surface area contributed by atoms with E-state index in [2.05, 4.69) is 4.72 Å². The number of nitrogens with one attached hydrogen (secondary N) is 1. The molecule has 2 aromatic rings. The number of hydrogen-bond donors (Lipinski definition) is 1. The predicted octanol–water partition coefficient (Wildman–Crippen LogP) is 2.75. The summed E-state index contributed by atoms with van der Waals surface area (Å²) in [6.45, 7) is 0. The van der Waals surface area contributed by atoms with Crippen molar-refractivity contribution in [1.29, 1.82) is 0 Å². The van der Waals surface area contributed by atoms with E-state index in [9.17, 15) is 23.3 Å². The Kier molecular flexibility index (Phi) is 5.29. The number of nitro benzene ring substituents is 1. The molecule has 8 nitrogen and oxygen atoms in total. The fourth-order valence-electron chi connectivity index (χ4n) is 1.98. The van der Waals surface area contributed by atoms with Gasteiger partial charge in [-0.25, -0.2) is 8.42 Å². The van der Waals surface area contributed by atoms with E-state index in [0.717, 1.165) is 24.3 Å². The van der Waals surface area contributed by atoms with Crippen molar-refractivity contribution in [2.45, 2.75) is 4.90 Å². The molecule has 0 unspecified atom stereocenters. The Morgan fingerprint density at radius 2 is 1.76 bits per heavy atom. The molecule has 132 valence electrons. The molecule has 1 amide bonds. The molecule has 0 spiro atoms. The van der Waals surface area contributed by atoms with Crippen molar-refractivity contribution < 1.29 is 18.1 Å². The van der Waals surface area contributed by atoms with E-state index in [1.807, 2.05) is 0 Å². The Hall–Kier alpha value is -2.65. The van der Waals surface area contributed by atoms with Crippen LogP contribution in [0.25, 0.3) is 0 Å². The molecule has 0 fully saturated rings. The van der Waals surface area contributed by atoms with Gasteiger partial charge in [0.1, 0.15) is 0 Å². The third-order valence-corrected chi connectivity index (χ3v) is 4.84. The Morgan fingerprint density at radius 1 is 1.16 bits per heavy atom. The topological polar surface area (TPSA) is 110 Å². The smallest absolute Gasteiger partial charge is 0.269 e. The summed E-state index contributed by atoms with van der Waals surface area (Å²) in [5, 5.41) is 10.9. The molecule has 0 heterocycles. The molecule has 0 saturated heterocycles. The summed E-state index contributed by atoms with van der Waals surface area (Å²) in [5.41, 5.74) is -0.0883. The van der Waals surface area contributed by atoms with Crippen molar-refractivity contribution in [3.8, 4) is 0 Å². The van der Waals surface area contributed by atoms with Crippen molar-refractivity contribution >= 4 is 38.9 Å². The number of amides is 1. The maximum atomic E-state index is 12.5. The van der Waals surface area contributed by atoms with Gasteiger partial charge in [0.05, 0.1) is 21.1 Å². The number of anilines is 1. The van der Waals surface area contributed by atoms with E-state index in [0.29, 0.717) is 0 Å². The summed E-state index contributed by atoms with van der Waals surface area (Å²) >= 11 is 5.90. The van der Waals surface area contributed by atoms with Gasteiger partial charge in [0, 0.05) is 31.3 Å². The summed E-state index contributed by atoms with van der Waals surface area (Å²) in [5.74, 6) is -0.405. The van der Waals surface area contributed by atoms with Gasteiger partial charge in [0.25, 0.3) is 21.6 Å². The molecule has 2 aromatic carbocycles. The Balaban J connectivity index is 2.42. The first kappa shape index (κ1) is 18.7. The number of rotatable bonds is 5. The van der Waals surface area contributed by atoms with E-state index in [1.54, 1.807) is 0 Å². The van der Waals surface area contributed by atoms with Gasteiger partial charge in [-0.2, -0.15) is 0 Å². The molecule has 0 aromatic heterocycles. The number of carbonyl (C=O) groups excluding carboxylic acids is 1. The van der Waals surface area contributed by atoms with Gasteiger partial charge in [-0.3, -0.25) is 19.6 Å². The molecule has 0 aliphatic carbocycles. The molecule has 1 N–H and O–H groups in total. The van der Waals surface area contributed by atoms with Crippen LogP contribution in [-0.2, 0) is 10.0 Å². The molecule has 0 atom stereocenters. The molecule has 0 saturated carbocycles. The van der Waals surface area contributed by atoms with Crippen molar-refractivity contribution in [3.63, 3.8) is 0 Å². The van der Waals surface area contributed by atoms with Crippen molar-refractivity contribution in [2.75, 3.05) is 18.8 Å². The summed E-state index contributed by atoms with van der Waals surface area (Å²) in [4.78, 5) is 23.3. The monoisotopic (exact) mass is 383 g/mol. The second-order valence-corrected chi connectivity index (χ2v) is 7.36. The second kappa shape index (κ2) is 7.08. The van der Waals surface area contributed by atoms with Crippen molar-refractivity contribution in [3.05, 3.63) is 63.2 Å². The van der Waals surface area contributed by atoms with Crippen LogP contribution in [-0.4, -0.2) is 38.2 Å². The predicted molar refractivity (Wildman–Crippen MR) is 93.4 cm³/mol. The highest BCUT2D eigenvalue weighted by Crippen LogP contribution is 2.25. The summed E-state index contributed by atoms with van der Waals surface area (Å²) in [7, 11) is -0.990. The zero-order chi connectivity index (χ0) is 18.8. The largest absolute Gasteiger partial charge is 0.345 e. The number of nitro groups is 1. The van der Waals surface area contributed by atoms with Gasteiger partial charge in [-0.15, -0.1) is 0 Å². The van der Waals surface area contributed by atoms with Crippen LogP contribution in [0.4, 0.5) is 11.4 Å². The van der Waals surface area contributed by atoms with Crippen LogP contribution in [0.5, 0.6) is 0 Å². The zero-order valence-electron chi connectivity index (χ0n) is 13.3. The number of hydrogen-bond acceptors (Lipinski definition) is 5. The van der Waals surface area contributed by atoms with E-state index in [4.69, 9.17) is 11.6 Å². The number of carbonyl (C=O) groups is 1. The lowest BCUT2D eigenvalue weighted by Gasteiger charge is -2.16. The van der Waals surface area contributed by atoms with Crippen LogP contribution >= 0.6 is 11.6 Å². The van der Waals surface area contributed by atoms with E-state index in [1.165, 1.54) is 37.2 Å². The van der Waals surface area contributed by atoms with Gasteiger partial charge in [0.2, 0.25) is 0 Å². The summed E-state index contributed by atoms with van der Waals surface area (Å²) in [6.07, 6.45) is 0. The zero-order valence-corrected chi connectivity index (χ0v) is 14.8. The first-order valence-corrected chi connectivity index (χ1v) is 8.76. The molecule has 2 rings (SSSR count). The van der Waals surface area contributed by atoms with E-state index < -0.39 is 20.9 Å². The van der Waals surface area contributed by atoms with Crippen LogP contribution in [0.1, 0.15) is 10.4 Å². The van der Waals surface area contributed by atoms with Gasteiger partial charge >= 0.3 is 0 Å². The minimum atomic E-state index is -4.06. The number of benzene rings is 2. The van der Waals surface area contributed by atoms with Gasteiger partial charge < -0.3 is 4.90 Å². The molecule has 0 aliphatic heterocycles. The lowest BCUT2D eigenvalue weighted by Crippen LogP contribution is -2.24. The quantitative estimate of drug-likeness (QED) is 0.630. The molecule has 0 bridgehead atoms. The minimum Gasteiger partial charge on any atom is -0.345 e. The first-order chi connectivity index (χ1) is 11.6. The molecule has 10 heteroatoms. The van der Waals surface area contributed by atoms with Crippen LogP contribution in [0, 0.1) is 10.1 Å². The Morgan fingerprint density at radius 3 is 2.28 bits per heavy atom. The number of sulfonamides is 1. The van der Waals surface area contributed by atoms with Gasteiger partial charge in [-0.1, -0.05) is 11.6 Å². The average molecular weight is 384 g/mol. The van der Waals surface area contributed by atoms with Crippen LogP contribution < -0.4 is 4.72 Å². The highest BCUT2D eigenvalue weighted by molar-refractivity contribution is 7.92. The molecule has 0 radical (unpaired) electrons. The highest BCUT2D eigenvalue weighted by atomic mass is 35.5. The van der Waals surface area contributed by atoms with E-state index >= 15 is 0 Å². The summed E-state index contributed by atoms with van der Waals surface area (Å²) in [6, 6.07) is 8.59. The summed E-state index contributed by atoms with van der Waals surface area (Å²) < 4.78 is 27.3. The third kappa shape index (κ3) is 4.25. The second-order valence-electron chi connectivity index (χ2n) is 5.25. The average Bonchev–Trinajstić information content (AvgIpc) is 2.54. The SMILES string of the molecule is CN(C)C(=O)c1ccc(Cl)cc1NS(=O)(=O)c1ccc([N+](=O)[O-])cc1. The number of halogens is 1. The Labute approximate surface area is 149 Å². The lowest BCUT2D eigenvalue weighted by atomic mass is 10.1. The maximum absolute atomic E-state index is 12.5. The third-order valence-electron chi connectivity index (χ3n) is 3.22. The minimum absolute atomic E-state index is 0.0181. The fourth-order valence-corrected chi connectivity index (χ4v) is 3.22. The van der Waals surface area contributed by atoms with Crippen LogP contribution in [0.3, 0.4) is 0 Å². The van der Waals surface area contributed by atoms with Crippen molar-refractivity contribution in [1.82, 2.24) is 4.90 Å². The Bertz CT molecular complexity index is 927. The maximum Gasteiger partial charge on any atom is 0.269 e. The van der Waals surface area contributed by atoms with Gasteiger partial charge in [0.15, 0.2) is 0 Å². The number of nitrogens with zero attached hydrogens (tertiary/aromatic N) is 2. The normalized spacial score (nSPS) is 11.0. The fraction of sp³-hybridized carbons (Fsp3) is 0.133.